The predicted molar refractivity (Wildman–Crippen MR) is 62.7 cm³/mol. The van der Waals surface area contributed by atoms with Crippen LogP contribution < -0.4 is 5.73 Å². The quantitative estimate of drug-likeness (QED) is 0.770. The van der Waals surface area contributed by atoms with Crippen molar-refractivity contribution < 1.29 is 0 Å². The van der Waals surface area contributed by atoms with Crippen LogP contribution in [0.15, 0.2) is 24.8 Å². The molecule has 0 radical (unpaired) electrons. The molecule has 0 bridgehead atoms. The molecule has 0 amide bonds. The van der Waals surface area contributed by atoms with Gasteiger partial charge in [-0.05, 0) is 25.0 Å². The molecule has 0 unspecified atom stereocenters. The van der Waals surface area contributed by atoms with Crippen molar-refractivity contribution >= 4 is 23.7 Å². The average Bonchev–Trinajstić information content (AvgIpc) is 2.52. The van der Waals surface area contributed by atoms with Gasteiger partial charge in [0.1, 0.15) is 0 Å². The van der Waals surface area contributed by atoms with Gasteiger partial charge in [0.15, 0.2) is 0 Å². The lowest BCUT2D eigenvalue weighted by atomic mass is 10.2. The first-order valence-corrected chi connectivity index (χ1v) is 5.04. The summed E-state index contributed by atoms with van der Waals surface area (Å²) < 4.78 is 0. The third kappa shape index (κ3) is 3.51. The molecular formula is C10H16ClNS. The highest BCUT2D eigenvalue weighted by atomic mass is 35.5. The van der Waals surface area contributed by atoms with Crippen molar-refractivity contribution in [2.75, 3.05) is 0 Å². The number of halogens is 1. The molecule has 0 aliphatic rings. The van der Waals surface area contributed by atoms with Gasteiger partial charge < -0.3 is 5.73 Å². The molecule has 0 aromatic carbocycles. The molecular weight excluding hydrogens is 202 g/mol. The van der Waals surface area contributed by atoms with E-state index in [1.54, 1.807) is 0 Å². The summed E-state index contributed by atoms with van der Waals surface area (Å²) in [5.41, 5.74) is 5.91. The van der Waals surface area contributed by atoms with Crippen LogP contribution in [-0.2, 0) is 6.42 Å². The van der Waals surface area contributed by atoms with Crippen LogP contribution in [-0.4, -0.2) is 0 Å². The minimum atomic E-state index is 0. The topological polar surface area (TPSA) is 26.0 Å². The van der Waals surface area contributed by atoms with Crippen molar-refractivity contribution in [3.63, 3.8) is 0 Å². The van der Waals surface area contributed by atoms with Crippen LogP contribution >= 0.6 is 23.7 Å². The molecule has 1 nitrogen and oxygen atoms in total. The van der Waals surface area contributed by atoms with Gasteiger partial charge in [-0.2, -0.15) is 0 Å². The van der Waals surface area contributed by atoms with Crippen molar-refractivity contribution in [3.8, 4) is 0 Å². The lowest BCUT2D eigenvalue weighted by molar-refractivity contribution is 0.758. The lowest BCUT2D eigenvalue weighted by Crippen LogP contribution is -2.06. The largest absolute Gasteiger partial charge is 0.323 e. The van der Waals surface area contributed by atoms with Crippen LogP contribution in [0.1, 0.15) is 29.1 Å². The summed E-state index contributed by atoms with van der Waals surface area (Å²) in [5.74, 6) is 0. The van der Waals surface area contributed by atoms with E-state index in [-0.39, 0.29) is 18.4 Å². The van der Waals surface area contributed by atoms with Crippen LogP contribution in [0.25, 0.3) is 0 Å². The predicted octanol–water partition coefficient (Wildman–Crippen LogP) is 3.31. The van der Waals surface area contributed by atoms with E-state index in [0.29, 0.717) is 0 Å². The highest BCUT2D eigenvalue weighted by Gasteiger charge is 2.05. The van der Waals surface area contributed by atoms with Gasteiger partial charge in [0.05, 0.1) is 0 Å². The Labute approximate surface area is 90.1 Å². The Morgan fingerprint density at radius 3 is 2.77 bits per heavy atom. The molecule has 0 aliphatic carbocycles. The van der Waals surface area contributed by atoms with Gasteiger partial charge in [-0.3, -0.25) is 0 Å². The highest BCUT2D eigenvalue weighted by Crippen LogP contribution is 2.24. The fraction of sp³-hybridized carbons (Fsp3) is 0.400. The molecule has 0 saturated carbocycles. The Balaban J connectivity index is 0.00000144. The first kappa shape index (κ1) is 12.7. The van der Waals surface area contributed by atoms with Crippen molar-refractivity contribution in [3.05, 3.63) is 34.5 Å². The van der Waals surface area contributed by atoms with E-state index in [4.69, 9.17) is 5.73 Å². The van der Waals surface area contributed by atoms with E-state index in [1.807, 2.05) is 17.4 Å². The number of thiophene rings is 1. The maximum atomic E-state index is 5.91. The van der Waals surface area contributed by atoms with E-state index in [0.717, 1.165) is 12.8 Å². The molecule has 1 aromatic heterocycles. The highest BCUT2D eigenvalue weighted by molar-refractivity contribution is 7.12. The summed E-state index contributed by atoms with van der Waals surface area (Å²) in [6, 6.07) is 4.42. The standard InChI is InChI=1S/C10H15NS.ClH/c1-3-5-9(11)10-7-6-8(4-2)12-10;/h3,6-7,9H,1,4-5,11H2,2H3;1H/t9-;/m0./s1. The first-order valence-electron chi connectivity index (χ1n) is 4.23. The molecule has 13 heavy (non-hydrogen) atoms. The average molecular weight is 218 g/mol. The zero-order valence-corrected chi connectivity index (χ0v) is 9.46. The van der Waals surface area contributed by atoms with Crippen LogP contribution in [0.2, 0.25) is 0 Å². The van der Waals surface area contributed by atoms with Crippen molar-refractivity contribution in [1.29, 1.82) is 0 Å². The second kappa shape index (κ2) is 6.19. The minimum Gasteiger partial charge on any atom is -0.323 e. The number of hydrogen-bond donors (Lipinski definition) is 1. The molecule has 3 heteroatoms. The van der Waals surface area contributed by atoms with Gasteiger partial charge in [-0.25, -0.2) is 0 Å². The summed E-state index contributed by atoms with van der Waals surface area (Å²) >= 11 is 1.81. The van der Waals surface area contributed by atoms with Gasteiger partial charge in [0, 0.05) is 15.8 Å². The van der Waals surface area contributed by atoms with E-state index in [9.17, 15) is 0 Å². The molecule has 2 N–H and O–H groups in total. The molecule has 74 valence electrons. The minimum absolute atomic E-state index is 0. The monoisotopic (exact) mass is 217 g/mol. The Morgan fingerprint density at radius 1 is 1.62 bits per heavy atom. The van der Waals surface area contributed by atoms with Crippen LogP contribution in [0.3, 0.4) is 0 Å². The van der Waals surface area contributed by atoms with Gasteiger partial charge in [-0.1, -0.05) is 13.0 Å². The third-order valence-corrected chi connectivity index (χ3v) is 3.18. The molecule has 1 heterocycles. The lowest BCUT2D eigenvalue weighted by Gasteiger charge is -2.04. The zero-order chi connectivity index (χ0) is 8.97. The smallest absolute Gasteiger partial charge is 0.0424 e. The van der Waals surface area contributed by atoms with Crippen molar-refractivity contribution in [2.45, 2.75) is 25.8 Å². The second-order valence-corrected chi connectivity index (χ2v) is 3.99. The number of rotatable bonds is 4. The van der Waals surface area contributed by atoms with Crippen molar-refractivity contribution in [1.82, 2.24) is 0 Å². The summed E-state index contributed by atoms with van der Waals surface area (Å²) in [6.45, 7) is 5.84. The van der Waals surface area contributed by atoms with Crippen LogP contribution in [0.4, 0.5) is 0 Å². The maximum absolute atomic E-state index is 5.91. The van der Waals surface area contributed by atoms with Crippen molar-refractivity contribution in [2.24, 2.45) is 5.73 Å². The summed E-state index contributed by atoms with van der Waals surface area (Å²) in [6.07, 6.45) is 3.84. The van der Waals surface area contributed by atoms with Gasteiger partial charge in [0.2, 0.25) is 0 Å². The Bertz CT molecular complexity index is 257. The van der Waals surface area contributed by atoms with Gasteiger partial charge in [0.25, 0.3) is 0 Å². The number of hydrogen-bond acceptors (Lipinski definition) is 2. The van der Waals surface area contributed by atoms with E-state index in [1.165, 1.54) is 9.75 Å². The normalized spacial score (nSPS) is 11.8. The van der Waals surface area contributed by atoms with Gasteiger partial charge in [-0.15, -0.1) is 30.3 Å². The van der Waals surface area contributed by atoms with Gasteiger partial charge >= 0.3 is 0 Å². The first-order chi connectivity index (χ1) is 5.77. The number of nitrogens with two attached hydrogens (primary N) is 1. The molecule has 0 fully saturated rings. The Kier molecular flexibility index (Phi) is 6.04. The second-order valence-electron chi connectivity index (χ2n) is 2.79. The van der Waals surface area contributed by atoms with E-state index >= 15 is 0 Å². The van der Waals surface area contributed by atoms with Crippen LogP contribution in [0, 0.1) is 0 Å². The van der Waals surface area contributed by atoms with E-state index in [2.05, 4.69) is 25.6 Å². The third-order valence-electron chi connectivity index (χ3n) is 1.82. The summed E-state index contributed by atoms with van der Waals surface area (Å²) in [5, 5.41) is 0. The molecule has 0 saturated heterocycles. The van der Waals surface area contributed by atoms with Crippen LogP contribution in [0.5, 0.6) is 0 Å². The molecule has 0 spiro atoms. The summed E-state index contributed by atoms with van der Waals surface area (Å²) in [7, 11) is 0. The molecule has 1 atom stereocenters. The molecule has 1 aromatic rings. The molecule has 1 rings (SSSR count). The van der Waals surface area contributed by atoms with E-state index < -0.39 is 0 Å². The fourth-order valence-electron chi connectivity index (χ4n) is 1.08. The number of aryl methyl sites for hydroxylation is 1. The summed E-state index contributed by atoms with van der Waals surface area (Å²) in [4.78, 5) is 2.68. The SMILES string of the molecule is C=CC[C@H](N)c1ccc(CC)s1.Cl. The Hall–Kier alpha value is -0.310. The molecule has 0 aliphatic heterocycles. The fourth-order valence-corrected chi connectivity index (χ4v) is 2.05. The Morgan fingerprint density at radius 2 is 2.31 bits per heavy atom. The maximum Gasteiger partial charge on any atom is 0.0424 e. The zero-order valence-electron chi connectivity index (χ0n) is 7.82.